The second-order valence-corrected chi connectivity index (χ2v) is 8.80. The predicted molar refractivity (Wildman–Crippen MR) is 135 cm³/mol. The molecule has 3 aromatic carbocycles. The smallest absolute Gasteiger partial charge is 0.273 e. The Morgan fingerprint density at radius 2 is 1.81 bits per heavy atom. The van der Waals surface area contributed by atoms with Gasteiger partial charge in [0.25, 0.3) is 5.91 Å². The summed E-state index contributed by atoms with van der Waals surface area (Å²) in [7, 11) is 1.60. The number of nitrogens with one attached hydrogen (secondary N) is 1. The number of aromatic amines is 1. The maximum Gasteiger partial charge on any atom is 0.273 e. The van der Waals surface area contributed by atoms with Crippen LogP contribution in [0.25, 0.3) is 11.3 Å². The van der Waals surface area contributed by atoms with Crippen molar-refractivity contribution in [2.75, 3.05) is 13.7 Å². The number of rotatable bonds is 7. The lowest BCUT2D eigenvalue weighted by Gasteiger charge is -2.27. The lowest BCUT2D eigenvalue weighted by Crippen LogP contribution is -2.29. The molecule has 3 N–H and O–H groups in total. The molecule has 1 aromatic heterocycles. The summed E-state index contributed by atoms with van der Waals surface area (Å²) in [5.41, 5.74) is 3.40. The number of hydrogen-bond donors (Lipinski definition) is 3. The van der Waals surface area contributed by atoms with Crippen molar-refractivity contribution < 1.29 is 24.5 Å². The van der Waals surface area contributed by atoms with E-state index in [0.717, 1.165) is 16.9 Å². The first-order valence-corrected chi connectivity index (χ1v) is 11.8. The number of nitrogens with zero attached hydrogens (tertiary/aromatic N) is 2. The van der Waals surface area contributed by atoms with E-state index in [4.69, 9.17) is 21.1 Å². The van der Waals surface area contributed by atoms with E-state index in [9.17, 15) is 15.0 Å². The van der Waals surface area contributed by atoms with Crippen LogP contribution in [0, 0.1) is 0 Å². The van der Waals surface area contributed by atoms with Gasteiger partial charge in [-0.05, 0) is 60.5 Å². The van der Waals surface area contributed by atoms with E-state index in [0.29, 0.717) is 46.4 Å². The fourth-order valence-electron chi connectivity index (χ4n) is 4.51. The van der Waals surface area contributed by atoms with Crippen LogP contribution in [0.5, 0.6) is 23.0 Å². The minimum atomic E-state index is -0.568. The zero-order valence-electron chi connectivity index (χ0n) is 19.7. The van der Waals surface area contributed by atoms with Crippen LogP contribution in [-0.2, 0) is 6.54 Å². The highest BCUT2D eigenvalue weighted by molar-refractivity contribution is 6.31. The molecule has 0 saturated carbocycles. The van der Waals surface area contributed by atoms with E-state index in [1.807, 2.05) is 31.2 Å². The first-order valence-electron chi connectivity index (χ1n) is 11.4. The number of carbonyl (C=O) groups excluding carboxylic acids is 1. The Labute approximate surface area is 212 Å². The average Bonchev–Trinajstić information content (AvgIpc) is 3.42. The number of hydrogen-bond acceptors (Lipinski definition) is 6. The van der Waals surface area contributed by atoms with Crippen LogP contribution < -0.4 is 9.47 Å². The SMILES string of the molecule is CCOc1cc(C2c3c(-c4cc(Cl)ccc4O)n[nH]c3C(=O)N2Cc2ccc(OC)cc2)ccc1O. The third-order valence-corrected chi connectivity index (χ3v) is 6.42. The Hall–Kier alpha value is -4.17. The van der Waals surface area contributed by atoms with Gasteiger partial charge in [0.2, 0.25) is 0 Å². The second-order valence-electron chi connectivity index (χ2n) is 8.37. The van der Waals surface area contributed by atoms with Gasteiger partial charge in [0.05, 0.1) is 19.8 Å². The van der Waals surface area contributed by atoms with Crippen molar-refractivity contribution in [2.45, 2.75) is 19.5 Å². The molecule has 0 aliphatic carbocycles. The first-order chi connectivity index (χ1) is 17.4. The molecule has 2 heterocycles. The lowest BCUT2D eigenvalue weighted by atomic mass is 9.95. The largest absolute Gasteiger partial charge is 0.507 e. The number of benzene rings is 3. The van der Waals surface area contributed by atoms with Gasteiger partial charge in [-0.2, -0.15) is 5.10 Å². The molecule has 8 nitrogen and oxygen atoms in total. The lowest BCUT2D eigenvalue weighted by molar-refractivity contribution is 0.0730. The summed E-state index contributed by atoms with van der Waals surface area (Å²) in [6.45, 7) is 2.51. The van der Waals surface area contributed by atoms with Gasteiger partial charge in [0.1, 0.15) is 22.9 Å². The summed E-state index contributed by atoms with van der Waals surface area (Å²) in [4.78, 5) is 15.4. The normalized spacial score (nSPS) is 14.7. The number of H-pyrrole nitrogens is 1. The van der Waals surface area contributed by atoms with Gasteiger partial charge < -0.3 is 24.6 Å². The van der Waals surface area contributed by atoms with Gasteiger partial charge in [-0.15, -0.1) is 0 Å². The number of fused-ring (bicyclic) bond motifs is 1. The highest BCUT2D eigenvalue weighted by Gasteiger charge is 2.42. The van der Waals surface area contributed by atoms with Gasteiger partial charge in [-0.3, -0.25) is 9.89 Å². The van der Waals surface area contributed by atoms with E-state index >= 15 is 0 Å². The molecular weight excluding hydrogens is 482 g/mol. The van der Waals surface area contributed by atoms with Crippen molar-refractivity contribution in [2.24, 2.45) is 0 Å². The van der Waals surface area contributed by atoms with Crippen molar-refractivity contribution in [3.05, 3.63) is 88.1 Å². The van der Waals surface area contributed by atoms with Gasteiger partial charge >= 0.3 is 0 Å². The number of methoxy groups -OCH3 is 1. The highest BCUT2D eigenvalue weighted by atomic mass is 35.5. The van der Waals surface area contributed by atoms with Crippen LogP contribution >= 0.6 is 11.6 Å². The molecule has 0 spiro atoms. The molecule has 1 aliphatic rings. The molecule has 1 atom stereocenters. The summed E-state index contributed by atoms with van der Waals surface area (Å²) in [5.74, 6) is 0.796. The fourth-order valence-corrected chi connectivity index (χ4v) is 4.68. The Bertz CT molecular complexity index is 1430. The van der Waals surface area contributed by atoms with E-state index in [2.05, 4.69) is 10.2 Å². The Morgan fingerprint density at radius 1 is 1.06 bits per heavy atom. The maximum atomic E-state index is 13.6. The van der Waals surface area contributed by atoms with Crippen LogP contribution in [0.2, 0.25) is 5.02 Å². The number of aromatic hydroxyl groups is 2. The molecule has 0 radical (unpaired) electrons. The number of amides is 1. The van der Waals surface area contributed by atoms with Crippen molar-refractivity contribution in [3.63, 3.8) is 0 Å². The Morgan fingerprint density at radius 3 is 2.53 bits per heavy atom. The number of ether oxygens (including phenoxy) is 2. The molecule has 4 aromatic rings. The maximum absolute atomic E-state index is 13.6. The molecule has 184 valence electrons. The topological polar surface area (TPSA) is 108 Å². The number of phenols is 2. The highest BCUT2D eigenvalue weighted by Crippen LogP contribution is 2.46. The summed E-state index contributed by atoms with van der Waals surface area (Å²) in [6, 6.07) is 16.6. The Kier molecular flexibility index (Phi) is 6.20. The van der Waals surface area contributed by atoms with Crippen molar-refractivity contribution in [3.8, 4) is 34.3 Å². The first kappa shape index (κ1) is 23.6. The molecule has 5 rings (SSSR count). The molecule has 1 amide bonds. The summed E-state index contributed by atoms with van der Waals surface area (Å²) >= 11 is 6.22. The molecule has 1 aliphatic heterocycles. The molecular formula is C27H24ClN3O5. The monoisotopic (exact) mass is 505 g/mol. The van der Waals surface area contributed by atoms with E-state index in [1.165, 1.54) is 6.07 Å². The summed E-state index contributed by atoms with van der Waals surface area (Å²) in [5, 5.41) is 28.6. The van der Waals surface area contributed by atoms with Crippen LogP contribution in [0.4, 0.5) is 0 Å². The van der Waals surface area contributed by atoms with Crippen molar-refractivity contribution in [1.29, 1.82) is 0 Å². The standard InChI is InChI=1S/C27H24ClN3O5/c1-3-36-22-12-16(6-10-21(22)33)26-23-24(19-13-17(28)7-11-20(19)32)29-30-25(23)27(34)31(26)14-15-4-8-18(35-2)9-5-15/h4-13,26,32-33H,3,14H2,1-2H3,(H,29,30). The second kappa shape index (κ2) is 9.47. The summed E-state index contributed by atoms with van der Waals surface area (Å²) < 4.78 is 10.9. The van der Waals surface area contributed by atoms with Gasteiger partial charge in [-0.1, -0.05) is 29.8 Å². The summed E-state index contributed by atoms with van der Waals surface area (Å²) in [6.07, 6.45) is 0. The number of halogens is 1. The van der Waals surface area contributed by atoms with Gasteiger partial charge in [-0.25, -0.2) is 0 Å². The van der Waals surface area contributed by atoms with Gasteiger partial charge in [0, 0.05) is 22.7 Å². The van der Waals surface area contributed by atoms with Gasteiger partial charge in [0.15, 0.2) is 11.5 Å². The molecule has 0 bridgehead atoms. The van der Waals surface area contributed by atoms with Crippen LogP contribution in [-0.4, -0.2) is 44.9 Å². The zero-order valence-corrected chi connectivity index (χ0v) is 20.4. The van der Waals surface area contributed by atoms with Crippen LogP contribution in [0.15, 0.2) is 60.7 Å². The van der Waals surface area contributed by atoms with Crippen LogP contribution in [0.1, 0.15) is 40.1 Å². The third-order valence-electron chi connectivity index (χ3n) is 6.19. The fraction of sp³-hybridized carbons (Fsp3) is 0.185. The molecule has 1 unspecified atom stereocenters. The molecule has 36 heavy (non-hydrogen) atoms. The minimum Gasteiger partial charge on any atom is -0.507 e. The quantitative estimate of drug-likeness (QED) is 0.315. The zero-order chi connectivity index (χ0) is 25.4. The van der Waals surface area contributed by atoms with Crippen LogP contribution in [0.3, 0.4) is 0 Å². The van der Waals surface area contributed by atoms with E-state index in [-0.39, 0.29) is 17.4 Å². The molecule has 0 saturated heterocycles. The number of aromatic nitrogens is 2. The molecule has 0 fully saturated rings. The predicted octanol–water partition coefficient (Wildman–Crippen LogP) is 5.29. The van der Waals surface area contributed by atoms with Crippen molar-refractivity contribution in [1.82, 2.24) is 15.1 Å². The number of phenolic OH excluding ortho intramolecular Hbond substituents is 2. The number of carbonyl (C=O) groups is 1. The Balaban J connectivity index is 1.66. The third kappa shape index (κ3) is 4.09. The average molecular weight is 506 g/mol. The van der Waals surface area contributed by atoms with E-state index < -0.39 is 6.04 Å². The van der Waals surface area contributed by atoms with E-state index in [1.54, 1.807) is 42.3 Å². The molecule has 9 heteroatoms. The minimum absolute atomic E-state index is 0.00536. The van der Waals surface area contributed by atoms with Crippen molar-refractivity contribution >= 4 is 17.5 Å².